The molecule has 0 aliphatic heterocycles. The van der Waals surface area contributed by atoms with Crippen molar-refractivity contribution in [2.24, 2.45) is 0 Å². The zero-order valence-corrected chi connectivity index (χ0v) is 15.6. The third-order valence-electron chi connectivity index (χ3n) is 3.61. The van der Waals surface area contributed by atoms with Crippen molar-refractivity contribution in [1.82, 2.24) is 0 Å². The number of rotatable bonds is 5. The number of hydrogen-bond donors (Lipinski definition) is 1. The largest absolute Gasteiger partial charge is 0.450 e. The molecule has 142 valence electrons. The molecule has 1 aromatic heterocycles. The Morgan fingerprint density at radius 3 is 2.64 bits per heavy atom. The van der Waals surface area contributed by atoms with Crippen LogP contribution >= 0.6 is 15.9 Å². The molecule has 3 rings (SSSR count). The Morgan fingerprint density at radius 1 is 1.18 bits per heavy atom. The minimum atomic E-state index is -0.972. The lowest BCUT2D eigenvalue weighted by atomic mass is 10.2. The molecule has 1 N–H and O–H groups in total. The molecule has 0 aliphatic rings. The molecule has 0 aliphatic carbocycles. The molecule has 0 fully saturated rings. The van der Waals surface area contributed by atoms with Crippen molar-refractivity contribution in [2.45, 2.75) is 0 Å². The van der Waals surface area contributed by atoms with Crippen LogP contribution in [0.5, 0.6) is 0 Å². The minimum Gasteiger partial charge on any atom is -0.450 e. The molecular formula is C18H11BrN2O7. The maximum absolute atomic E-state index is 12.1. The maximum Gasteiger partial charge on any atom is 0.374 e. The Hall–Kier alpha value is -3.53. The lowest BCUT2D eigenvalue weighted by Gasteiger charge is -2.08. The number of non-ortho nitro benzene ring substituents is 1. The van der Waals surface area contributed by atoms with Gasteiger partial charge in [0, 0.05) is 22.7 Å². The number of nitrogens with one attached hydrogen (secondary N) is 1. The predicted octanol–water partition coefficient (Wildman–Crippen LogP) is 3.26. The summed E-state index contributed by atoms with van der Waals surface area (Å²) in [4.78, 5) is 46.2. The van der Waals surface area contributed by atoms with Crippen molar-refractivity contribution in [3.63, 3.8) is 0 Å². The van der Waals surface area contributed by atoms with E-state index in [0.29, 0.717) is 9.86 Å². The summed E-state index contributed by atoms with van der Waals surface area (Å²) in [7, 11) is 0. The molecule has 1 amide bonds. The summed E-state index contributed by atoms with van der Waals surface area (Å²) in [6.45, 7) is -0.640. The van der Waals surface area contributed by atoms with Gasteiger partial charge < -0.3 is 14.5 Å². The predicted molar refractivity (Wildman–Crippen MR) is 102 cm³/mol. The molecule has 0 radical (unpaired) electrons. The summed E-state index contributed by atoms with van der Waals surface area (Å²) in [5.74, 6) is -1.97. The molecule has 0 saturated carbocycles. The average molecular weight is 447 g/mol. The van der Waals surface area contributed by atoms with Gasteiger partial charge in [0.15, 0.2) is 12.0 Å². The first-order valence-electron chi connectivity index (χ1n) is 7.79. The number of fused-ring (bicyclic) bond motifs is 1. The van der Waals surface area contributed by atoms with E-state index >= 15 is 0 Å². The van der Waals surface area contributed by atoms with Gasteiger partial charge >= 0.3 is 5.97 Å². The number of carbonyl (C=O) groups excluding carboxylic acids is 2. The number of ether oxygens (including phenoxy) is 1. The number of esters is 1. The first-order valence-corrected chi connectivity index (χ1v) is 8.58. The van der Waals surface area contributed by atoms with E-state index in [1.54, 1.807) is 18.2 Å². The first kappa shape index (κ1) is 19.2. The van der Waals surface area contributed by atoms with E-state index in [1.165, 1.54) is 24.3 Å². The van der Waals surface area contributed by atoms with Gasteiger partial charge in [-0.05, 0) is 34.1 Å². The number of hydrogen-bond acceptors (Lipinski definition) is 7. The summed E-state index contributed by atoms with van der Waals surface area (Å²) in [6.07, 6.45) is 0. The van der Waals surface area contributed by atoms with Gasteiger partial charge in [-0.1, -0.05) is 12.1 Å². The number of carbonyl (C=O) groups is 2. The molecule has 0 saturated heterocycles. The number of para-hydroxylation sites is 1. The van der Waals surface area contributed by atoms with Crippen molar-refractivity contribution in [1.29, 1.82) is 0 Å². The highest BCUT2D eigenvalue weighted by atomic mass is 79.9. The molecule has 0 unspecified atom stereocenters. The molecular weight excluding hydrogens is 436 g/mol. The minimum absolute atomic E-state index is 0.150. The van der Waals surface area contributed by atoms with E-state index in [4.69, 9.17) is 9.15 Å². The zero-order valence-electron chi connectivity index (χ0n) is 14.0. The van der Waals surface area contributed by atoms with Crippen LogP contribution in [0.15, 0.2) is 62.2 Å². The summed E-state index contributed by atoms with van der Waals surface area (Å²) < 4.78 is 10.5. The molecule has 9 nitrogen and oxygen atoms in total. The lowest BCUT2D eigenvalue weighted by Crippen LogP contribution is -2.21. The zero-order chi connectivity index (χ0) is 20.3. The summed E-state index contributed by atoms with van der Waals surface area (Å²) in [5, 5.41) is 13.5. The van der Waals surface area contributed by atoms with Crippen molar-refractivity contribution in [2.75, 3.05) is 11.9 Å². The Morgan fingerprint density at radius 2 is 1.93 bits per heavy atom. The van der Waals surface area contributed by atoms with Crippen LogP contribution in [0.1, 0.15) is 10.6 Å². The fraction of sp³-hybridized carbons (Fsp3) is 0.0556. The quantitative estimate of drug-likeness (QED) is 0.361. The number of amides is 1. The van der Waals surface area contributed by atoms with Crippen LogP contribution in [-0.4, -0.2) is 23.4 Å². The third-order valence-corrected chi connectivity index (χ3v) is 4.26. The van der Waals surface area contributed by atoms with Crippen molar-refractivity contribution >= 4 is 50.2 Å². The van der Waals surface area contributed by atoms with Gasteiger partial charge in [0.2, 0.25) is 5.76 Å². The van der Waals surface area contributed by atoms with Gasteiger partial charge in [-0.3, -0.25) is 19.7 Å². The number of nitro benzene ring substituents is 1. The second kappa shape index (κ2) is 8.01. The van der Waals surface area contributed by atoms with E-state index in [-0.39, 0.29) is 22.7 Å². The molecule has 1 heterocycles. The highest BCUT2D eigenvalue weighted by molar-refractivity contribution is 9.10. The number of nitrogens with zero attached hydrogens (tertiary/aromatic N) is 1. The smallest absolute Gasteiger partial charge is 0.374 e. The molecule has 0 spiro atoms. The van der Waals surface area contributed by atoms with Crippen LogP contribution < -0.4 is 10.7 Å². The van der Waals surface area contributed by atoms with Gasteiger partial charge in [-0.15, -0.1) is 0 Å². The van der Waals surface area contributed by atoms with Crippen molar-refractivity contribution in [3.8, 4) is 0 Å². The number of nitro groups is 1. The van der Waals surface area contributed by atoms with Crippen LogP contribution in [0.4, 0.5) is 11.4 Å². The molecule has 0 atom stereocenters. The Balaban J connectivity index is 1.65. The lowest BCUT2D eigenvalue weighted by molar-refractivity contribution is -0.384. The second-order valence-corrected chi connectivity index (χ2v) is 6.37. The second-order valence-electron chi connectivity index (χ2n) is 5.52. The fourth-order valence-electron chi connectivity index (χ4n) is 2.31. The summed E-state index contributed by atoms with van der Waals surface area (Å²) >= 11 is 3.11. The van der Waals surface area contributed by atoms with Gasteiger partial charge in [-0.25, -0.2) is 4.79 Å². The number of anilines is 1. The maximum atomic E-state index is 12.1. The van der Waals surface area contributed by atoms with Crippen LogP contribution in [0.3, 0.4) is 0 Å². The van der Waals surface area contributed by atoms with E-state index in [1.807, 2.05) is 0 Å². The Bertz CT molecular complexity index is 1160. The van der Waals surface area contributed by atoms with Gasteiger partial charge in [0.05, 0.1) is 16.0 Å². The monoisotopic (exact) mass is 446 g/mol. The van der Waals surface area contributed by atoms with E-state index < -0.39 is 28.8 Å². The van der Waals surface area contributed by atoms with Crippen molar-refractivity contribution in [3.05, 3.63) is 79.1 Å². The topological polar surface area (TPSA) is 129 Å². The van der Waals surface area contributed by atoms with Gasteiger partial charge in [0.1, 0.15) is 5.58 Å². The molecule has 3 aromatic rings. The number of halogens is 1. The highest BCUT2D eigenvalue weighted by Crippen LogP contribution is 2.27. The van der Waals surface area contributed by atoms with Crippen LogP contribution in [0.2, 0.25) is 0 Å². The van der Waals surface area contributed by atoms with Gasteiger partial charge in [-0.2, -0.15) is 0 Å². The summed E-state index contributed by atoms with van der Waals surface area (Å²) in [6, 6.07) is 11.2. The third kappa shape index (κ3) is 4.23. The van der Waals surface area contributed by atoms with E-state index in [2.05, 4.69) is 21.2 Å². The highest BCUT2D eigenvalue weighted by Gasteiger charge is 2.16. The van der Waals surface area contributed by atoms with E-state index in [0.717, 1.165) is 6.07 Å². The SMILES string of the molecule is O=C(COC(=O)c1cc(=O)c2ccccc2o1)Nc1ccc([N+](=O)[O-])cc1Br. The Kier molecular flexibility index (Phi) is 5.50. The van der Waals surface area contributed by atoms with Crippen LogP contribution in [-0.2, 0) is 9.53 Å². The molecule has 2 aromatic carbocycles. The van der Waals surface area contributed by atoms with E-state index in [9.17, 15) is 24.5 Å². The van der Waals surface area contributed by atoms with Crippen LogP contribution in [0, 0.1) is 10.1 Å². The first-order chi connectivity index (χ1) is 13.3. The van der Waals surface area contributed by atoms with Crippen LogP contribution in [0.25, 0.3) is 11.0 Å². The summed E-state index contributed by atoms with van der Waals surface area (Å²) in [5.41, 5.74) is -0.0687. The fourth-order valence-corrected chi connectivity index (χ4v) is 2.78. The molecule has 0 bridgehead atoms. The Labute approximate surface area is 165 Å². The number of benzene rings is 2. The normalized spacial score (nSPS) is 10.5. The van der Waals surface area contributed by atoms with Crippen molar-refractivity contribution < 1.29 is 23.7 Å². The average Bonchev–Trinajstić information content (AvgIpc) is 2.67. The molecule has 10 heteroatoms. The standard InChI is InChI=1S/C18H11BrN2O7/c19-12-7-10(21(25)26)5-6-13(12)20-17(23)9-27-18(24)16-8-14(22)11-3-1-2-4-15(11)28-16/h1-8H,9H2,(H,20,23). The van der Waals surface area contributed by atoms with Gasteiger partial charge in [0.25, 0.3) is 11.6 Å². The molecule has 28 heavy (non-hydrogen) atoms.